The maximum absolute atomic E-state index is 13.5. The average molecular weight is 525 g/mol. The van der Waals surface area contributed by atoms with E-state index in [1.807, 2.05) is 78.6 Å². The van der Waals surface area contributed by atoms with Gasteiger partial charge in [-0.1, -0.05) is 53.5 Å². The Morgan fingerprint density at radius 2 is 1.75 bits per heavy atom. The molecule has 1 saturated heterocycles. The van der Waals surface area contributed by atoms with Gasteiger partial charge in [0.25, 0.3) is 0 Å². The summed E-state index contributed by atoms with van der Waals surface area (Å²) in [6.07, 6.45) is 5.06. The van der Waals surface area contributed by atoms with Gasteiger partial charge in [0.05, 0.1) is 24.2 Å². The molecule has 2 fully saturated rings. The van der Waals surface area contributed by atoms with Crippen LogP contribution in [0.4, 0.5) is 0 Å². The van der Waals surface area contributed by atoms with Gasteiger partial charge in [-0.25, -0.2) is 0 Å². The monoisotopic (exact) mass is 524 g/mol. The number of rotatable bonds is 6. The van der Waals surface area contributed by atoms with Crippen molar-refractivity contribution in [2.45, 2.75) is 51.1 Å². The molecule has 1 N–H and O–H groups in total. The van der Waals surface area contributed by atoms with Gasteiger partial charge in [0.1, 0.15) is 0 Å². The summed E-state index contributed by atoms with van der Waals surface area (Å²) in [5.41, 5.74) is 3.12. The van der Waals surface area contributed by atoms with Gasteiger partial charge < -0.3 is 10.0 Å². The Kier molecular flexibility index (Phi) is 8.65. The number of aliphatic carboxylic acids is 1. The average Bonchev–Trinajstić information content (AvgIpc) is 3.68. The summed E-state index contributed by atoms with van der Waals surface area (Å²) < 4.78 is 0. The number of carbonyl (C=O) groups excluding carboxylic acids is 1. The minimum absolute atomic E-state index is 0.0730. The number of nitrogens with zero attached hydrogens (tertiary/aromatic N) is 2. The Morgan fingerprint density at radius 3 is 2.31 bits per heavy atom. The lowest BCUT2D eigenvalue weighted by atomic mass is 9.84. The lowest BCUT2D eigenvalue weighted by molar-refractivity contribution is -0.152. The standard InChI is InChI=1S/C22H23ClN2O3.C7H7Cl/c23-17-9-6-14(7-10-17)19-11-8-16(13-20(26)27)22(28)25(19)21(15-4-5-15)18-3-1-2-12-24-18;1-6-3-2-4-7(8)5-6/h1-3,6-7,9-10,12,15-16,19,21H,4-5,8,11,13H2,(H,26,27);2-5H,1H3/t16-,19+,21?;/m1./s1. The molecule has 1 aromatic heterocycles. The van der Waals surface area contributed by atoms with Crippen molar-refractivity contribution in [3.05, 3.63) is 99.8 Å². The van der Waals surface area contributed by atoms with Crippen LogP contribution in [0.3, 0.4) is 0 Å². The zero-order chi connectivity index (χ0) is 25.7. The number of aromatic nitrogens is 1. The number of benzene rings is 2. The molecular formula is C29H30Cl2N2O3. The lowest BCUT2D eigenvalue weighted by Crippen LogP contribution is -2.46. The van der Waals surface area contributed by atoms with Gasteiger partial charge in [-0.15, -0.1) is 0 Å². The molecule has 1 saturated carbocycles. The van der Waals surface area contributed by atoms with Crippen molar-refractivity contribution in [1.82, 2.24) is 9.88 Å². The molecule has 2 aliphatic rings. The molecule has 0 bridgehead atoms. The molecule has 0 radical (unpaired) electrons. The number of piperidine rings is 1. The second-order valence-corrected chi connectivity index (χ2v) is 10.4. The number of carboxylic acids is 1. The highest BCUT2D eigenvalue weighted by atomic mass is 35.5. The van der Waals surface area contributed by atoms with E-state index in [1.165, 1.54) is 5.56 Å². The maximum Gasteiger partial charge on any atom is 0.304 e. The Labute approximate surface area is 222 Å². The molecule has 188 valence electrons. The van der Waals surface area contributed by atoms with Crippen LogP contribution in [0.2, 0.25) is 10.0 Å². The molecule has 1 aliphatic heterocycles. The molecule has 5 rings (SSSR count). The fourth-order valence-electron chi connectivity index (χ4n) is 4.91. The Morgan fingerprint density at radius 1 is 1.00 bits per heavy atom. The summed E-state index contributed by atoms with van der Waals surface area (Å²) in [5, 5.41) is 10.7. The van der Waals surface area contributed by atoms with Crippen LogP contribution >= 0.6 is 23.2 Å². The minimum Gasteiger partial charge on any atom is -0.481 e. The van der Waals surface area contributed by atoms with Gasteiger partial charge in [0.15, 0.2) is 0 Å². The predicted molar refractivity (Wildman–Crippen MR) is 142 cm³/mol. The Hall–Kier alpha value is -2.89. The number of pyridine rings is 1. The highest BCUT2D eigenvalue weighted by Gasteiger charge is 2.46. The summed E-state index contributed by atoms with van der Waals surface area (Å²) in [7, 11) is 0. The summed E-state index contributed by atoms with van der Waals surface area (Å²) in [6.45, 7) is 2.02. The summed E-state index contributed by atoms with van der Waals surface area (Å²) in [6, 6.07) is 20.9. The third-order valence-corrected chi connectivity index (χ3v) is 7.23. The van der Waals surface area contributed by atoms with Crippen molar-refractivity contribution in [1.29, 1.82) is 0 Å². The minimum atomic E-state index is -0.927. The van der Waals surface area contributed by atoms with Crippen molar-refractivity contribution in [3.63, 3.8) is 0 Å². The predicted octanol–water partition coefficient (Wildman–Crippen LogP) is 7.29. The van der Waals surface area contributed by atoms with Crippen LogP contribution in [0.5, 0.6) is 0 Å². The molecule has 36 heavy (non-hydrogen) atoms. The maximum atomic E-state index is 13.5. The van der Waals surface area contributed by atoms with Crippen LogP contribution in [-0.4, -0.2) is 26.9 Å². The zero-order valence-electron chi connectivity index (χ0n) is 20.2. The van der Waals surface area contributed by atoms with Crippen molar-refractivity contribution in [2.24, 2.45) is 11.8 Å². The molecule has 0 spiro atoms. The van der Waals surface area contributed by atoms with E-state index in [1.54, 1.807) is 6.20 Å². The van der Waals surface area contributed by atoms with E-state index in [0.29, 0.717) is 17.4 Å². The second kappa shape index (κ2) is 11.9. The van der Waals surface area contributed by atoms with E-state index >= 15 is 0 Å². The zero-order valence-corrected chi connectivity index (χ0v) is 21.7. The third kappa shape index (κ3) is 6.65. The van der Waals surface area contributed by atoms with E-state index in [-0.39, 0.29) is 24.4 Å². The Balaban J connectivity index is 0.000000325. The van der Waals surface area contributed by atoms with Gasteiger partial charge in [-0.3, -0.25) is 14.6 Å². The van der Waals surface area contributed by atoms with Crippen LogP contribution in [-0.2, 0) is 9.59 Å². The third-order valence-electron chi connectivity index (χ3n) is 6.74. The summed E-state index contributed by atoms with van der Waals surface area (Å²) >= 11 is 11.7. The van der Waals surface area contributed by atoms with E-state index in [9.17, 15) is 14.7 Å². The number of carboxylic acid groups (broad SMARTS) is 1. The molecule has 1 aliphatic carbocycles. The molecule has 3 atom stereocenters. The van der Waals surface area contributed by atoms with Crippen LogP contribution < -0.4 is 0 Å². The van der Waals surface area contributed by atoms with Crippen LogP contribution in [0.25, 0.3) is 0 Å². The summed E-state index contributed by atoms with van der Waals surface area (Å²) in [4.78, 5) is 31.2. The smallest absolute Gasteiger partial charge is 0.304 e. The van der Waals surface area contributed by atoms with E-state index in [2.05, 4.69) is 4.98 Å². The van der Waals surface area contributed by atoms with Gasteiger partial charge in [0, 0.05) is 22.2 Å². The van der Waals surface area contributed by atoms with Crippen LogP contribution in [0, 0.1) is 18.8 Å². The first-order valence-corrected chi connectivity index (χ1v) is 13.0. The molecule has 5 nitrogen and oxygen atoms in total. The van der Waals surface area contributed by atoms with Gasteiger partial charge in [-0.2, -0.15) is 0 Å². The molecule has 2 heterocycles. The number of aryl methyl sites for hydroxylation is 1. The number of halogens is 2. The van der Waals surface area contributed by atoms with E-state index in [4.69, 9.17) is 23.2 Å². The molecule has 2 aromatic carbocycles. The SMILES string of the molecule is Cc1cccc(Cl)c1.O=C(O)C[C@H]1CC[C@@H](c2ccc(Cl)cc2)N(C(c2ccccn2)C2CC2)C1=O. The fourth-order valence-corrected chi connectivity index (χ4v) is 5.28. The number of amides is 1. The molecular weight excluding hydrogens is 495 g/mol. The quantitative estimate of drug-likeness (QED) is 0.367. The van der Waals surface area contributed by atoms with Crippen LogP contribution in [0.15, 0.2) is 72.9 Å². The van der Waals surface area contributed by atoms with Gasteiger partial charge >= 0.3 is 5.97 Å². The fraction of sp³-hybridized carbons (Fsp3) is 0.345. The van der Waals surface area contributed by atoms with Gasteiger partial charge in [-0.05, 0) is 86.1 Å². The van der Waals surface area contributed by atoms with Crippen molar-refractivity contribution in [2.75, 3.05) is 0 Å². The first-order valence-electron chi connectivity index (χ1n) is 12.3. The highest BCUT2D eigenvalue weighted by Crippen LogP contribution is 2.50. The summed E-state index contributed by atoms with van der Waals surface area (Å²) in [5.74, 6) is -1.11. The first kappa shape index (κ1) is 26.2. The highest BCUT2D eigenvalue weighted by molar-refractivity contribution is 6.30. The van der Waals surface area contributed by atoms with Gasteiger partial charge in [0.2, 0.25) is 5.91 Å². The van der Waals surface area contributed by atoms with Crippen molar-refractivity contribution >= 4 is 35.1 Å². The largest absolute Gasteiger partial charge is 0.481 e. The number of hydrogen-bond acceptors (Lipinski definition) is 3. The lowest BCUT2D eigenvalue weighted by Gasteiger charge is -2.44. The van der Waals surface area contributed by atoms with Crippen LogP contribution in [0.1, 0.15) is 61.0 Å². The second-order valence-electron chi connectivity index (χ2n) is 9.52. The molecule has 1 unspecified atom stereocenters. The molecule has 1 amide bonds. The first-order chi connectivity index (χ1) is 17.3. The van der Waals surface area contributed by atoms with Crippen molar-refractivity contribution < 1.29 is 14.7 Å². The number of carbonyl (C=O) groups is 2. The molecule has 3 aromatic rings. The number of likely N-dealkylation sites (tertiary alicyclic amines) is 1. The molecule has 7 heteroatoms. The number of hydrogen-bond donors (Lipinski definition) is 1. The topological polar surface area (TPSA) is 70.5 Å². The van der Waals surface area contributed by atoms with E-state index in [0.717, 1.165) is 35.5 Å². The Bertz CT molecular complexity index is 1170. The van der Waals surface area contributed by atoms with E-state index < -0.39 is 11.9 Å². The van der Waals surface area contributed by atoms with Crippen molar-refractivity contribution in [3.8, 4) is 0 Å². The normalized spacial score (nSPS) is 20.3.